The summed E-state index contributed by atoms with van der Waals surface area (Å²) in [5.41, 5.74) is -3.25. The van der Waals surface area contributed by atoms with Crippen molar-refractivity contribution in [2.24, 2.45) is 0 Å². The van der Waals surface area contributed by atoms with Crippen LogP contribution in [0.4, 0.5) is 26.3 Å². The molecule has 33 heavy (non-hydrogen) atoms. The lowest BCUT2D eigenvalue weighted by atomic mass is 9.80. The molecule has 3 rings (SSSR count). The Labute approximate surface area is 184 Å². The van der Waals surface area contributed by atoms with Gasteiger partial charge >= 0.3 is 12.4 Å². The maximum Gasteiger partial charge on any atom is 0.416 e. The Balaban J connectivity index is 1.92. The number of aryl methyl sites for hydroxylation is 1. The summed E-state index contributed by atoms with van der Waals surface area (Å²) < 4.78 is 85.9. The molecule has 1 N–H and O–H groups in total. The van der Waals surface area contributed by atoms with Crippen molar-refractivity contribution in [3.05, 3.63) is 53.4 Å². The number of amides is 1. The molecule has 1 aromatic carbocycles. The SMILES string of the molecule is Cc1cnn(C2=C(C#N)C(=O)N[C@@](c3ccc(OCCCC(F)(F)F)cc3)(C(F)(F)F)C2)c1. The second kappa shape index (κ2) is 8.80. The van der Waals surface area contributed by atoms with E-state index in [0.717, 1.165) is 16.8 Å². The van der Waals surface area contributed by atoms with Crippen LogP contribution in [0.2, 0.25) is 0 Å². The summed E-state index contributed by atoms with van der Waals surface area (Å²) in [7, 11) is 0. The van der Waals surface area contributed by atoms with Crippen LogP contribution in [0.1, 0.15) is 30.4 Å². The lowest BCUT2D eigenvalue weighted by molar-refractivity contribution is -0.202. The van der Waals surface area contributed by atoms with Gasteiger partial charge in [0.05, 0.1) is 18.5 Å². The van der Waals surface area contributed by atoms with E-state index in [2.05, 4.69) is 5.10 Å². The van der Waals surface area contributed by atoms with Gasteiger partial charge in [-0.3, -0.25) is 4.79 Å². The Hall–Kier alpha value is -3.49. The Morgan fingerprint density at radius 3 is 2.39 bits per heavy atom. The van der Waals surface area contributed by atoms with E-state index >= 15 is 0 Å². The third-order valence-electron chi connectivity index (χ3n) is 5.08. The Bertz CT molecular complexity index is 1100. The van der Waals surface area contributed by atoms with Gasteiger partial charge in [0.25, 0.3) is 5.91 Å². The predicted molar refractivity (Wildman–Crippen MR) is 104 cm³/mol. The fraction of sp³-hybridized carbons (Fsp3) is 0.381. The number of alkyl halides is 6. The molecule has 6 nitrogen and oxygen atoms in total. The van der Waals surface area contributed by atoms with E-state index in [-0.39, 0.29) is 30.0 Å². The number of benzene rings is 1. The molecule has 0 bridgehead atoms. The lowest BCUT2D eigenvalue weighted by Gasteiger charge is -2.40. The van der Waals surface area contributed by atoms with Gasteiger partial charge in [0.15, 0.2) is 5.54 Å². The fourth-order valence-corrected chi connectivity index (χ4v) is 3.45. The van der Waals surface area contributed by atoms with E-state index in [1.807, 2.05) is 5.32 Å². The van der Waals surface area contributed by atoms with E-state index in [1.54, 1.807) is 13.0 Å². The van der Waals surface area contributed by atoms with Gasteiger partial charge in [0, 0.05) is 19.0 Å². The predicted octanol–water partition coefficient (Wildman–Crippen LogP) is 4.63. The van der Waals surface area contributed by atoms with Crippen molar-refractivity contribution >= 4 is 11.6 Å². The summed E-state index contributed by atoms with van der Waals surface area (Å²) in [5, 5.41) is 15.2. The second-order valence-electron chi connectivity index (χ2n) is 7.52. The van der Waals surface area contributed by atoms with E-state index in [1.165, 1.54) is 24.5 Å². The molecule has 0 spiro atoms. The van der Waals surface area contributed by atoms with Crippen LogP contribution in [0.5, 0.6) is 5.75 Å². The normalized spacial score (nSPS) is 19.3. The summed E-state index contributed by atoms with van der Waals surface area (Å²) in [4.78, 5) is 12.5. The maximum absolute atomic E-state index is 14.4. The summed E-state index contributed by atoms with van der Waals surface area (Å²) in [6.45, 7) is 1.39. The van der Waals surface area contributed by atoms with Crippen molar-refractivity contribution in [2.45, 2.75) is 44.1 Å². The number of ether oxygens (including phenoxy) is 1. The quantitative estimate of drug-likeness (QED) is 0.491. The van der Waals surface area contributed by atoms with Crippen molar-refractivity contribution in [3.63, 3.8) is 0 Å². The molecular formula is C21H18F6N4O2. The third-order valence-corrected chi connectivity index (χ3v) is 5.08. The molecule has 2 aromatic rings. The Morgan fingerprint density at radius 1 is 1.21 bits per heavy atom. The number of hydrogen-bond acceptors (Lipinski definition) is 4. The van der Waals surface area contributed by atoms with Gasteiger partial charge in [-0.25, -0.2) is 4.68 Å². The largest absolute Gasteiger partial charge is 0.494 e. The van der Waals surface area contributed by atoms with Crippen LogP contribution in [-0.4, -0.2) is 34.6 Å². The molecule has 0 aliphatic carbocycles. The standard InChI is InChI=1S/C21H18F6N4O2/c1-13-11-29-31(12-13)17-9-19(21(25,26)27,30-18(32)16(17)10-28)14-3-5-15(6-4-14)33-8-2-7-20(22,23)24/h3-6,11-12H,2,7-9H2,1H3,(H,30,32)/t19-/m0/s1. The average molecular weight is 472 g/mol. The molecule has 1 aliphatic rings. The lowest BCUT2D eigenvalue weighted by Crippen LogP contribution is -2.59. The van der Waals surface area contributed by atoms with Crippen LogP contribution in [0.3, 0.4) is 0 Å². The zero-order chi connectivity index (χ0) is 24.4. The molecule has 0 saturated carbocycles. The van der Waals surface area contributed by atoms with E-state index in [0.29, 0.717) is 5.56 Å². The van der Waals surface area contributed by atoms with Crippen molar-refractivity contribution in [2.75, 3.05) is 6.61 Å². The zero-order valence-electron chi connectivity index (χ0n) is 17.2. The molecule has 176 valence electrons. The summed E-state index contributed by atoms with van der Waals surface area (Å²) in [6, 6.07) is 6.17. The third kappa shape index (κ3) is 5.13. The molecular weight excluding hydrogens is 454 g/mol. The average Bonchev–Trinajstić information content (AvgIpc) is 3.15. The Kier molecular flexibility index (Phi) is 6.44. The van der Waals surface area contributed by atoms with Crippen LogP contribution in [0, 0.1) is 18.3 Å². The topological polar surface area (TPSA) is 79.9 Å². The number of nitriles is 1. The summed E-state index contributed by atoms with van der Waals surface area (Å²) >= 11 is 0. The van der Waals surface area contributed by atoms with Crippen LogP contribution in [0.15, 0.2) is 42.2 Å². The number of aromatic nitrogens is 2. The number of carbonyl (C=O) groups excluding carboxylic acids is 1. The van der Waals surface area contributed by atoms with Gasteiger partial charge in [-0.15, -0.1) is 0 Å². The minimum atomic E-state index is -4.95. The second-order valence-corrected chi connectivity index (χ2v) is 7.52. The van der Waals surface area contributed by atoms with Gasteiger partial charge in [-0.2, -0.15) is 36.7 Å². The van der Waals surface area contributed by atoms with E-state index in [9.17, 15) is 36.4 Å². The van der Waals surface area contributed by atoms with Crippen molar-refractivity contribution in [1.82, 2.24) is 15.1 Å². The minimum Gasteiger partial charge on any atom is -0.494 e. The van der Waals surface area contributed by atoms with Crippen LogP contribution in [-0.2, 0) is 10.3 Å². The van der Waals surface area contributed by atoms with Gasteiger partial charge in [-0.05, 0) is 36.6 Å². The Morgan fingerprint density at radius 2 is 1.88 bits per heavy atom. The molecule has 0 unspecified atom stereocenters. The highest BCUT2D eigenvalue weighted by molar-refractivity contribution is 6.04. The van der Waals surface area contributed by atoms with E-state index in [4.69, 9.17) is 4.74 Å². The van der Waals surface area contributed by atoms with Crippen LogP contribution >= 0.6 is 0 Å². The maximum atomic E-state index is 14.4. The molecule has 1 aromatic heterocycles. The van der Waals surface area contributed by atoms with Crippen molar-refractivity contribution in [3.8, 4) is 11.8 Å². The molecule has 0 radical (unpaired) electrons. The molecule has 0 fully saturated rings. The molecule has 1 atom stereocenters. The smallest absolute Gasteiger partial charge is 0.416 e. The highest BCUT2D eigenvalue weighted by atomic mass is 19.4. The molecule has 2 heterocycles. The number of nitrogens with zero attached hydrogens (tertiary/aromatic N) is 3. The first-order valence-electron chi connectivity index (χ1n) is 9.70. The number of rotatable bonds is 6. The monoisotopic (exact) mass is 472 g/mol. The van der Waals surface area contributed by atoms with Crippen LogP contribution < -0.4 is 10.1 Å². The molecule has 12 heteroatoms. The van der Waals surface area contributed by atoms with Gasteiger partial charge in [-0.1, -0.05) is 12.1 Å². The van der Waals surface area contributed by atoms with Crippen molar-refractivity contribution < 1.29 is 35.9 Å². The zero-order valence-corrected chi connectivity index (χ0v) is 17.2. The van der Waals surface area contributed by atoms with Crippen molar-refractivity contribution in [1.29, 1.82) is 5.26 Å². The molecule has 1 aliphatic heterocycles. The first kappa shape index (κ1) is 24.2. The fourth-order valence-electron chi connectivity index (χ4n) is 3.45. The van der Waals surface area contributed by atoms with E-state index < -0.39 is 42.2 Å². The number of carbonyl (C=O) groups is 1. The summed E-state index contributed by atoms with van der Waals surface area (Å²) in [6.07, 6.45) is -8.63. The van der Waals surface area contributed by atoms with Gasteiger partial charge in [0.2, 0.25) is 0 Å². The summed E-state index contributed by atoms with van der Waals surface area (Å²) in [5.74, 6) is -1.12. The highest BCUT2D eigenvalue weighted by Crippen LogP contribution is 2.47. The van der Waals surface area contributed by atoms with Gasteiger partial charge < -0.3 is 10.1 Å². The molecule has 0 saturated heterocycles. The number of hydrogen-bond donors (Lipinski definition) is 1. The van der Waals surface area contributed by atoms with Crippen LogP contribution in [0.25, 0.3) is 5.70 Å². The highest BCUT2D eigenvalue weighted by Gasteiger charge is 2.60. The molecule has 1 amide bonds. The minimum absolute atomic E-state index is 0.0802. The van der Waals surface area contributed by atoms with Gasteiger partial charge in [0.1, 0.15) is 17.4 Å². The first-order valence-corrected chi connectivity index (χ1v) is 9.70. The number of halogens is 6. The first-order chi connectivity index (χ1) is 15.4. The number of nitrogens with one attached hydrogen (secondary N) is 1.